The van der Waals surface area contributed by atoms with E-state index in [1.165, 1.54) is 11.1 Å². The summed E-state index contributed by atoms with van der Waals surface area (Å²) in [5.74, 6) is 0.596. The minimum absolute atomic E-state index is 0. The van der Waals surface area contributed by atoms with E-state index in [1.807, 2.05) is 0 Å². The maximum atomic E-state index is 9.93. The van der Waals surface area contributed by atoms with Gasteiger partial charge in [0.1, 0.15) is 0 Å². The lowest BCUT2D eigenvalue weighted by molar-refractivity contribution is 0.359. The zero-order valence-electron chi connectivity index (χ0n) is 12.4. The van der Waals surface area contributed by atoms with Crippen LogP contribution < -0.4 is 5.32 Å². The molecule has 4 heteroatoms. The maximum absolute atomic E-state index is 9.93. The minimum atomic E-state index is -0.0235. The predicted octanol–water partition coefficient (Wildman–Crippen LogP) is 3.79. The van der Waals surface area contributed by atoms with Crippen LogP contribution in [0, 0.1) is 0 Å². The summed E-state index contributed by atoms with van der Waals surface area (Å²) in [4.78, 5) is 0. The number of nitrogens with one attached hydrogen (secondary N) is 1. The molecule has 3 nitrogen and oxygen atoms in total. The van der Waals surface area contributed by atoms with Gasteiger partial charge in [-0.15, -0.1) is 17.0 Å². The number of halogens is 1. The van der Waals surface area contributed by atoms with Gasteiger partial charge in [-0.2, -0.15) is 0 Å². The standard InChI is InChI=1S/C18H19NO2.BrH/c1-10-6-15-18(12-5-3-2-4-11(12)9-19-15)14-8-17(21)16(20)7-13(10)14;/h2-5,7-8,10,15,18-21H,6,9H2,1H3;1H/t10-,15+,18+;/m0./s1. The fourth-order valence-corrected chi connectivity index (χ4v) is 3.99. The second-order valence-electron chi connectivity index (χ2n) is 6.27. The molecule has 1 heterocycles. The van der Waals surface area contributed by atoms with E-state index < -0.39 is 0 Å². The van der Waals surface area contributed by atoms with Crippen LogP contribution >= 0.6 is 17.0 Å². The molecule has 3 atom stereocenters. The topological polar surface area (TPSA) is 52.5 Å². The molecule has 116 valence electrons. The molecule has 0 amide bonds. The van der Waals surface area contributed by atoms with E-state index in [0.717, 1.165) is 24.1 Å². The zero-order valence-corrected chi connectivity index (χ0v) is 14.1. The highest BCUT2D eigenvalue weighted by Gasteiger charge is 2.37. The molecule has 1 aliphatic heterocycles. The summed E-state index contributed by atoms with van der Waals surface area (Å²) in [7, 11) is 0. The third-order valence-corrected chi connectivity index (χ3v) is 5.00. The molecule has 2 aromatic rings. The van der Waals surface area contributed by atoms with Gasteiger partial charge in [-0.25, -0.2) is 0 Å². The van der Waals surface area contributed by atoms with Crippen LogP contribution in [-0.2, 0) is 6.54 Å². The number of aromatic hydroxyl groups is 2. The van der Waals surface area contributed by atoms with Crippen molar-refractivity contribution in [1.82, 2.24) is 5.32 Å². The molecule has 0 saturated heterocycles. The second-order valence-corrected chi connectivity index (χ2v) is 6.27. The Morgan fingerprint density at radius 3 is 2.45 bits per heavy atom. The van der Waals surface area contributed by atoms with Gasteiger partial charge in [0, 0.05) is 18.5 Å². The lowest BCUT2D eigenvalue weighted by Gasteiger charge is -2.42. The van der Waals surface area contributed by atoms with E-state index in [2.05, 4.69) is 36.5 Å². The van der Waals surface area contributed by atoms with Crippen molar-refractivity contribution >= 4 is 17.0 Å². The van der Waals surface area contributed by atoms with Crippen molar-refractivity contribution in [3.8, 4) is 11.5 Å². The van der Waals surface area contributed by atoms with Gasteiger partial charge in [0.2, 0.25) is 0 Å². The summed E-state index contributed by atoms with van der Waals surface area (Å²) < 4.78 is 0. The fraction of sp³-hybridized carbons (Fsp3) is 0.333. The van der Waals surface area contributed by atoms with Crippen molar-refractivity contribution in [2.24, 2.45) is 0 Å². The molecule has 0 fully saturated rings. The molecule has 0 aromatic heterocycles. The molecule has 2 aromatic carbocycles. The highest BCUT2D eigenvalue weighted by Crippen LogP contribution is 2.47. The van der Waals surface area contributed by atoms with Crippen LogP contribution in [0.1, 0.15) is 47.4 Å². The SMILES string of the molecule is Br.C[C@H]1C[C@H]2NCc3ccccc3[C@@H]2c2cc(O)c(O)cc21. The molecule has 4 rings (SSSR count). The molecule has 0 unspecified atom stereocenters. The summed E-state index contributed by atoms with van der Waals surface area (Å²) in [6.07, 6.45) is 1.05. The molecule has 0 saturated carbocycles. The molecular formula is C18H20BrNO2. The van der Waals surface area contributed by atoms with E-state index in [4.69, 9.17) is 0 Å². The zero-order chi connectivity index (χ0) is 14.6. The molecule has 2 aliphatic rings. The second kappa shape index (κ2) is 5.60. The van der Waals surface area contributed by atoms with Crippen molar-refractivity contribution < 1.29 is 10.2 Å². The Bertz CT molecular complexity index is 716. The van der Waals surface area contributed by atoms with Gasteiger partial charge in [0.25, 0.3) is 0 Å². The fourth-order valence-electron chi connectivity index (χ4n) is 3.99. The Morgan fingerprint density at radius 2 is 1.68 bits per heavy atom. The summed E-state index contributed by atoms with van der Waals surface area (Å²) in [6.45, 7) is 3.09. The molecular weight excluding hydrogens is 342 g/mol. The average Bonchev–Trinajstić information content (AvgIpc) is 2.49. The number of hydrogen-bond donors (Lipinski definition) is 3. The Morgan fingerprint density at radius 1 is 1.00 bits per heavy atom. The molecule has 0 bridgehead atoms. The first kappa shape index (κ1) is 15.4. The summed E-state index contributed by atoms with van der Waals surface area (Å²) in [5.41, 5.74) is 4.98. The third kappa shape index (κ3) is 2.22. The van der Waals surface area contributed by atoms with E-state index in [0.29, 0.717) is 12.0 Å². The van der Waals surface area contributed by atoms with Crippen LogP contribution in [-0.4, -0.2) is 16.3 Å². The smallest absolute Gasteiger partial charge is 0.157 e. The highest BCUT2D eigenvalue weighted by atomic mass is 79.9. The number of benzene rings is 2. The van der Waals surface area contributed by atoms with E-state index >= 15 is 0 Å². The van der Waals surface area contributed by atoms with Gasteiger partial charge < -0.3 is 15.5 Å². The molecule has 22 heavy (non-hydrogen) atoms. The van der Waals surface area contributed by atoms with E-state index in [1.54, 1.807) is 12.1 Å². The number of hydrogen-bond acceptors (Lipinski definition) is 3. The van der Waals surface area contributed by atoms with E-state index in [9.17, 15) is 10.2 Å². The van der Waals surface area contributed by atoms with Crippen molar-refractivity contribution in [2.45, 2.75) is 37.8 Å². The monoisotopic (exact) mass is 361 g/mol. The van der Waals surface area contributed by atoms with Crippen LogP contribution in [0.25, 0.3) is 0 Å². The number of phenolic OH excluding ortho intramolecular Hbond substituents is 2. The molecule has 0 spiro atoms. The minimum Gasteiger partial charge on any atom is -0.504 e. The van der Waals surface area contributed by atoms with Crippen LogP contribution in [0.2, 0.25) is 0 Å². The Hall–Kier alpha value is -1.52. The van der Waals surface area contributed by atoms with Crippen LogP contribution in [0.3, 0.4) is 0 Å². The Balaban J connectivity index is 0.00000144. The normalized spacial score (nSPS) is 25.4. The van der Waals surface area contributed by atoms with Gasteiger partial charge in [-0.3, -0.25) is 0 Å². The average molecular weight is 362 g/mol. The first-order valence-electron chi connectivity index (χ1n) is 7.52. The number of rotatable bonds is 0. The van der Waals surface area contributed by atoms with E-state index in [-0.39, 0.29) is 34.4 Å². The quantitative estimate of drug-likeness (QED) is 0.625. The van der Waals surface area contributed by atoms with Crippen molar-refractivity contribution in [1.29, 1.82) is 0 Å². The first-order valence-corrected chi connectivity index (χ1v) is 7.52. The third-order valence-electron chi connectivity index (χ3n) is 5.00. The summed E-state index contributed by atoms with van der Waals surface area (Å²) in [5, 5.41) is 23.4. The van der Waals surface area contributed by atoms with Crippen molar-refractivity contribution in [3.05, 3.63) is 58.7 Å². The van der Waals surface area contributed by atoms with Crippen molar-refractivity contribution in [2.75, 3.05) is 0 Å². The molecule has 3 N–H and O–H groups in total. The van der Waals surface area contributed by atoms with Gasteiger partial charge in [0.15, 0.2) is 11.5 Å². The van der Waals surface area contributed by atoms with Gasteiger partial charge in [0.05, 0.1) is 0 Å². The lowest BCUT2D eigenvalue weighted by Crippen LogP contribution is -2.43. The first-order chi connectivity index (χ1) is 10.1. The van der Waals surface area contributed by atoms with Crippen molar-refractivity contribution in [3.63, 3.8) is 0 Å². The Kier molecular flexibility index (Phi) is 3.91. The van der Waals surface area contributed by atoms with Crippen LogP contribution in [0.15, 0.2) is 36.4 Å². The Labute approximate surface area is 140 Å². The van der Waals surface area contributed by atoms with Crippen LogP contribution in [0.5, 0.6) is 11.5 Å². The number of phenols is 2. The lowest BCUT2D eigenvalue weighted by atomic mass is 9.69. The maximum Gasteiger partial charge on any atom is 0.157 e. The highest BCUT2D eigenvalue weighted by molar-refractivity contribution is 8.93. The molecule has 0 radical (unpaired) electrons. The number of fused-ring (bicyclic) bond motifs is 5. The summed E-state index contributed by atoms with van der Waals surface area (Å²) >= 11 is 0. The molecule has 1 aliphatic carbocycles. The largest absolute Gasteiger partial charge is 0.504 e. The van der Waals surface area contributed by atoms with Gasteiger partial charge >= 0.3 is 0 Å². The predicted molar refractivity (Wildman–Crippen MR) is 92.0 cm³/mol. The summed E-state index contributed by atoms with van der Waals surface area (Å²) in [6, 6.07) is 12.4. The van der Waals surface area contributed by atoms with Gasteiger partial charge in [-0.1, -0.05) is 31.2 Å². The van der Waals surface area contributed by atoms with Gasteiger partial charge in [-0.05, 0) is 46.7 Å². The van der Waals surface area contributed by atoms with Crippen LogP contribution in [0.4, 0.5) is 0 Å².